The SMILES string of the molecule is COc1c(Br)cc(Cl)cc1C1(N)CC1. The molecule has 0 unspecified atom stereocenters. The van der Waals surface area contributed by atoms with Crippen LogP contribution in [0.2, 0.25) is 5.02 Å². The van der Waals surface area contributed by atoms with Crippen molar-refractivity contribution in [2.75, 3.05) is 7.11 Å². The van der Waals surface area contributed by atoms with Crippen molar-refractivity contribution in [3.05, 3.63) is 27.2 Å². The van der Waals surface area contributed by atoms with Gasteiger partial charge in [0.25, 0.3) is 0 Å². The highest BCUT2D eigenvalue weighted by molar-refractivity contribution is 9.10. The number of hydrogen-bond acceptors (Lipinski definition) is 2. The van der Waals surface area contributed by atoms with E-state index in [-0.39, 0.29) is 5.54 Å². The molecule has 2 rings (SSSR count). The average molecular weight is 277 g/mol. The molecule has 4 heteroatoms. The van der Waals surface area contributed by atoms with Gasteiger partial charge >= 0.3 is 0 Å². The van der Waals surface area contributed by atoms with Gasteiger partial charge in [0.1, 0.15) is 5.75 Å². The van der Waals surface area contributed by atoms with Gasteiger partial charge in [-0.3, -0.25) is 0 Å². The summed E-state index contributed by atoms with van der Waals surface area (Å²) in [6, 6.07) is 3.70. The fraction of sp³-hybridized carbons (Fsp3) is 0.400. The van der Waals surface area contributed by atoms with Gasteiger partial charge in [0.15, 0.2) is 0 Å². The molecule has 0 radical (unpaired) electrons. The van der Waals surface area contributed by atoms with Crippen molar-refractivity contribution in [1.29, 1.82) is 0 Å². The van der Waals surface area contributed by atoms with Crippen LogP contribution in [0.4, 0.5) is 0 Å². The Bertz CT molecular complexity index is 377. The van der Waals surface area contributed by atoms with Crippen molar-refractivity contribution in [3.63, 3.8) is 0 Å². The monoisotopic (exact) mass is 275 g/mol. The molecule has 0 aromatic heterocycles. The van der Waals surface area contributed by atoms with Gasteiger partial charge in [0.2, 0.25) is 0 Å². The zero-order valence-corrected chi connectivity index (χ0v) is 10.2. The molecule has 2 nitrogen and oxygen atoms in total. The Balaban J connectivity index is 2.56. The molecule has 1 aliphatic rings. The Labute approximate surface area is 96.5 Å². The van der Waals surface area contributed by atoms with Gasteiger partial charge in [-0.1, -0.05) is 11.6 Å². The molecule has 0 saturated heterocycles. The van der Waals surface area contributed by atoms with Crippen LogP contribution in [-0.2, 0) is 5.54 Å². The number of rotatable bonds is 2. The molecule has 1 aliphatic carbocycles. The van der Waals surface area contributed by atoms with E-state index in [0.717, 1.165) is 28.6 Å². The predicted molar refractivity (Wildman–Crippen MR) is 60.8 cm³/mol. The van der Waals surface area contributed by atoms with Crippen molar-refractivity contribution in [2.45, 2.75) is 18.4 Å². The van der Waals surface area contributed by atoms with E-state index in [9.17, 15) is 0 Å². The molecule has 0 amide bonds. The van der Waals surface area contributed by atoms with Gasteiger partial charge < -0.3 is 10.5 Å². The average Bonchev–Trinajstić information content (AvgIpc) is 2.84. The van der Waals surface area contributed by atoms with Crippen LogP contribution < -0.4 is 10.5 Å². The maximum absolute atomic E-state index is 6.12. The normalized spacial score (nSPS) is 18.0. The van der Waals surface area contributed by atoms with Crippen molar-refractivity contribution >= 4 is 27.5 Å². The van der Waals surface area contributed by atoms with E-state index >= 15 is 0 Å². The van der Waals surface area contributed by atoms with Crippen molar-refractivity contribution in [2.24, 2.45) is 5.73 Å². The lowest BCUT2D eigenvalue weighted by Crippen LogP contribution is -2.19. The third-order valence-electron chi connectivity index (χ3n) is 2.54. The highest BCUT2D eigenvalue weighted by Crippen LogP contribution is 2.49. The summed E-state index contributed by atoms with van der Waals surface area (Å²) in [5.41, 5.74) is 6.90. The summed E-state index contributed by atoms with van der Waals surface area (Å²) < 4.78 is 6.17. The Morgan fingerprint density at radius 1 is 1.50 bits per heavy atom. The van der Waals surface area contributed by atoms with Gasteiger partial charge in [0, 0.05) is 16.1 Å². The molecule has 0 bridgehead atoms. The molecule has 0 aliphatic heterocycles. The third-order valence-corrected chi connectivity index (χ3v) is 3.34. The number of methoxy groups -OCH3 is 1. The molecular weight excluding hydrogens is 265 g/mol. The minimum atomic E-state index is -0.223. The van der Waals surface area contributed by atoms with Crippen LogP contribution in [0.5, 0.6) is 5.75 Å². The van der Waals surface area contributed by atoms with Crippen molar-refractivity contribution < 1.29 is 4.74 Å². The number of halogens is 2. The van der Waals surface area contributed by atoms with Gasteiger partial charge in [0.05, 0.1) is 11.6 Å². The Hall–Kier alpha value is -0.250. The van der Waals surface area contributed by atoms with Crippen LogP contribution in [0.25, 0.3) is 0 Å². The zero-order valence-electron chi connectivity index (χ0n) is 7.81. The zero-order chi connectivity index (χ0) is 10.3. The molecule has 0 spiro atoms. The van der Waals surface area contributed by atoms with Crippen molar-refractivity contribution in [3.8, 4) is 5.75 Å². The number of hydrogen-bond donors (Lipinski definition) is 1. The fourth-order valence-electron chi connectivity index (χ4n) is 1.54. The second-order valence-corrected chi connectivity index (χ2v) is 4.92. The van der Waals surface area contributed by atoms with Gasteiger partial charge in [-0.05, 0) is 40.9 Å². The summed E-state index contributed by atoms with van der Waals surface area (Å²) in [6.07, 6.45) is 1.99. The molecular formula is C10H11BrClNO. The first-order chi connectivity index (χ1) is 6.57. The summed E-state index contributed by atoms with van der Waals surface area (Å²) in [4.78, 5) is 0. The molecule has 1 aromatic rings. The summed E-state index contributed by atoms with van der Waals surface area (Å²) in [5.74, 6) is 0.800. The molecule has 1 aromatic carbocycles. The van der Waals surface area contributed by atoms with E-state index in [1.165, 1.54) is 0 Å². The van der Waals surface area contributed by atoms with Crippen LogP contribution in [-0.4, -0.2) is 7.11 Å². The highest BCUT2D eigenvalue weighted by atomic mass is 79.9. The maximum atomic E-state index is 6.12. The predicted octanol–water partition coefficient (Wildman–Crippen LogP) is 3.06. The topological polar surface area (TPSA) is 35.2 Å². The van der Waals surface area contributed by atoms with Gasteiger partial charge in [-0.2, -0.15) is 0 Å². The largest absolute Gasteiger partial charge is 0.495 e. The summed E-state index contributed by atoms with van der Waals surface area (Å²) in [7, 11) is 1.64. The lowest BCUT2D eigenvalue weighted by molar-refractivity contribution is 0.402. The van der Waals surface area contributed by atoms with Crippen LogP contribution in [0.1, 0.15) is 18.4 Å². The van der Waals surface area contributed by atoms with Crippen LogP contribution in [0.3, 0.4) is 0 Å². The Kier molecular flexibility index (Phi) is 2.50. The third kappa shape index (κ3) is 1.64. The quantitative estimate of drug-likeness (QED) is 0.901. The van der Waals surface area contributed by atoms with Crippen molar-refractivity contribution in [1.82, 2.24) is 0 Å². The molecule has 0 heterocycles. The first-order valence-corrected chi connectivity index (χ1v) is 5.56. The van der Waals surface area contributed by atoms with E-state index in [1.54, 1.807) is 7.11 Å². The minimum Gasteiger partial charge on any atom is -0.495 e. The minimum absolute atomic E-state index is 0.223. The first-order valence-electron chi connectivity index (χ1n) is 4.39. The fourth-order valence-corrected chi connectivity index (χ4v) is 2.51. The Morgan fingerprint density at radius 3 is 2.64 bits per heavy atom. The summed E-state index contributed by atoms with van der Waals surface area (Å²) >= 11 is 9.39. The van der Waals surface area contributed by atoms with E-state index in [4.69, 9.17) is 22.1 Å². The molecule has 14 heavy (non-hydrogen) atoms. The molecule has 1 saturated carbocycles. The van der Waals surface area contributed by atoms with E-state index in [2.05, 4.69) is 15.9 Å². The van der Waals surface area contributed by atoms with Crippen LogP contribution in [0, 0.1) is 0 Å². The van der Waals surface area contributed by atoms with Crippen LogP contribution in [0.15, 0.2) is 16.6 Å². The standard InChI is InChI=1S/C10H11BrClNO/c1-14-9-7(10(13)2-3-10)4-6(12)5-8(9)11/h4-5H,2-3,13H2,1H3. The van der Waals surface area contributed by atoms with Gasteiger partial charge in [-0.15, -0.1) is 0 Å². The number of nitrogens with two attached hydrogens (primary N) is 1. The second kappa shape index (κ2) is 3.40. The van der Waals surface area contributed by atoms with Crippen LogP contribution >= 0.6 is 27.5 Å². The highest BCUT2D eigenvalue weighted by Gasteiger charge is 2.42. The number of benzene rings is 1. The first kappa shape index (κ1) is 10.3. The maximum Gasteiger partial charge on any atom is 0.138 e. The summed E-state index contributed by atoms with van der Waals surface area (Å²) in [5, 5.41) is 0.685. The molecule has 1 fully saturated rings. The van der Waals surface area contributed by atoms with E-state index < -0.39 is 0 Å². The molecule has 76 valence electrons. The molecule has 0 atom stereocenters. The Morgan fingerprint density at radius 2 is 2.14 bits per heavy atom. The van der Waals surface area contributed by atoms with E-state index in [0.29, 0.717) is 5.02 Å². The lowest BCUT2D eigenvalue weighted by Gasteiger charge is -2.16. The van der Waals surface area contributed by atoms with E-state index in [1.807, 2.05) is 12.1 Å². The number of ether oxygens (including phenoxy) is 1. The second-order valence-electron chi connectivity index (χ2n) is 3.62. The summed E-state index contributed by atoms with van der Waals surface area (Å²) in [6.45, 7) is 0. The lowest BCUT2D eigenvalue weighted by atomic mass is 10.0. The molecule has 2 N–H and O–H groups in total. The van der Waals surface area contributed by atoms with Gasteiger partial charge in [-0.25, -0.2) is 0 Å². The smallest absolute Gasteiger partial charge is 0.138 e.